The largest absolute Gasteiger partial charge is 0.270 e. The molecule has 0 spiro atoms. The number of hydrogen-bond donors (Lipinski definition) is 0. The molecule has 1 fully saturated rings. The van der Waals surface area contributed by atoms with E-state index in [0.29, 0.717) is 6.71 Å². The molecule has 1 aliphatic heterocycles. The van der Waals surface area contributed by atoms with Gasteiger partial charge in [0.05, 0.1) is 0 Å². The zero-order valence-corrected chi connectivity index (χ0v) is 17.5. The maximum atomic E-state index is 14.1. The summed E-state index contributed by atoms with van der Waals surface area (Å²) in [6.45, 7) is 17.0. The smallest absolute Gasteiger partial charge is 0.202 e. The third-order valence-electron chi connectivity index (χ3n) is 6.88. The lowest BCUT2D eigenvalue weighted by molar-refractivity contribution is 0.0175. The van der Waals surface area contributed by atoms with Gasteiger partial charge in [-0.05, 0) is 40.9 Å². The van der Waals surface area contributed by atoms with Crippen LogP contribution >= 0.6 is 0 Å². The first-order chi connectivity index (χ1) is 11.9. The summed E-state index contributed by atoms with van der Waals surface area (Å²) in [5, 5.41) is 0. The minimum absolute atomic E-state index is 0.130. The van der Waals surface area contributed by atoms with Crippen LogP contribution in [0.1, 0.15) is 78.4 Å². The maximum absolute atomic E-state index is 14.1. The molecule has 1 saturated heterocycles. The summed E-state index contributed by atoms with van der Waals surface area (Å²) in [6.07, 6.45) is 6.24. The highest BCUT2D eigenvalue weighted by Crippen LogP contribution is 2.50. The molecule has 26 heavy (non-hydrogen) atoms. The van der Waals surface area contributed by atoms with Gasteiger partial charge in [-0.15, -0.1) is 0 Å². The number of alkyl halides is 2. The van der Waals surface area contributed by atoms with E-state index < -0.39 is 5.92 Å². The summed E-state index contributed by atoms with van der Waals surface area (Å²) in [5.41, 5.74) is 3.55. The molecule has 3 heteroatoms. The van der Waals surface area contributed by atoms with Crippen LogP contribution in [0.25, 0.3) is 5.57 Å². The average Bonchev–Trinajstić information content (AvgIpc) is 2.54. The molecular weight excluding hydrogens is 325 g/mol. The zero-order chi connectivity index (χ0) is 19.8. The van der Waals surface area contributed by atoms with Crippen molar-refractivity contribution < 1.29 is 8.78 Å². The molecule has 2 rings (SSSR count). The van der Waals surface area contributed by atoms with Gasteiger partial charge in [0, 0.05) is 12.5 Å². The van der Waals surface area contributed by atoms with Gasteiger partial charge < -0.3 is 0 Å². The van der Waals surface area contributed by atoms with Crippen molar-refractivity contribution >= 4 is 17.7 Å². The van der Waals surface area contributed by atoms with E-state index in [0.717, 1.165) is 61.8 Å². The molecule has 0 N–H and O–H groups in total. The highest BCUT2D eigenvalue weighted by Gasteiger charge is 2.44. The van der Waals surface area contributed by atoms with Gasteiger partial charge in [-0.3, -0.25) is 0 Å². The third kappa shape index (κ3) is 4.59. The molecule has 0 bridgehead atoms. The first-order valence-corrected chi connectivity index (χ1v) is 10.1. The molecule has 1 aliphatic rings. The van der Waals surface area contributed by atoms with Crippen LogP contribution in [0.3, 0.4) is 0 Å². The van der Waals surface area contributed by atoms with Crippen LogP contribution < -0.4 is 5.46 Å². The SMILES string of the molecule is C=C(CCCC)c1cc(B2CCC(C)(C)C(C)(C)C2)cc(C(C)(F)F)c1. The first-order valence-electron chi connectivity index (χ1n) is 10.1. The van der Waals surface area contributed by atoms with Gasteiger partial charge in [0.25, 0.3) is 5.92 Å². The van der Waals surface area contributed by atoms with Gasteiger partial charge in [0.2, 0.25) is 0 Å². The average molecular weight is 360 g/mol. The second-order valence-electron chi connectivity index (χ2n) is 9.65. The molecule has 0 nitrogen and oxygen atoms in total. The van der Waals surface area contributed by atoms with Crippen LogP contribution in [-0.4, -0.2) is 6.71 Å². The standard InChI is InChI=1S/C23H35BF2/c1-8-9-10-17(2)18-13-19(23(7,25)26)15-20(14-18)24-12-11-21(3,4)22(5,6)16-24/h13-15H,2,8-12,16H2,1,3-7H3. The Morgan fingerprint density at radius 2 is 1.81 bits per heavy atom. The monoisotopic (exact) mass is 360 g/mol. The van der Waals surface area contributed by atoms with Gasteiger partial charge in [0.15, 0.2) is 6.71 Å². The summed E-state index contributed by atoms with van der Waals surface area (Å²) >= 11 is 0. The number of allylic oxidation sites excluding steroid dienone is 1. The van der Waals surface area contributed by atoms with Crippen molar-refractivity contribution in [2.75, 3.05) is 0 Å². The van der Waals surface area contributed by atoms with Crippen molar-refractivity contribution in [1.82, 2.24) is 0 Å². The van der Waals surface area contributed by atoms with Crippen LogP contribution in [0.2, 0.25) is 12.6 Å². The molecule has 0 atom stereocenters. The lowest BCUT2D eigenvalue weighted by atomic mass is 9.30. The molecule has 0 aromatic heterocycles. The number of halogens is 2. The fraction of sp³-hybridized carbons (Fsp3) is 0.652. The summed E-state index contributed by atoms with van der Waals surface area (Å²) in [7, 11) is 0. The number of hydrogen-bond acceptors (Lipinski definition) is 0. The van der Waals surface area contributed by atoms with Crippen LogP contribution in [-0.2, 0) is 5.92 Å². The molecule has 1 aromatic carbocycles. The molecule has 0 unspecified atom stereocenters. The molecule has 1 heterocycles. The Morgan fingerprint density at radius 1 is 1.15 bits per heavy atom. The lowest BCUT2D eigenvalue weighted by Gasteiger charge is -2.48. The van der Waals surface area contributed by atoms with Gasteiger partial charge in [0.1, 0.15) is 0 Å². The number of benzene rings is 1. The Bertz CT molecular complexity index is 653. The van der Waals surface area contributed by atoms with Crippen LogP contribution in [0, 0.1) is 10.8 Å². The quantitative estimate of drug-likeness (QED) is 0.472. The van der Waals surface area contributed by atoms with Crippen LogP contribution in [0.15, 0.2) is 24.8 Å². The second-order valence-corrected chi connectivity index (χ2v) is 9.65. The predicted octanol–water partition coefficient (Wildman–Crippen LogP) is 7.16. The van der Waals surface area contributed by atoms with E-state index in [1.807, 2.05) is 0 Å². The fourth-order valence-electron chi connectivity index (χ4n) is 4.03. The van der Waals surface area contributed by atoms with E-state index in [2.05, 4.69) is 47.3 Å². The van der Waals surface area contributed by atoms with Crippen molar-refractivity contribution in [2.24, 2.45) is 10.8 Å². The van der Waals surface area contributed by atoms with Gasteiger partial charge in [-0.1, -0.05) is 84.3 Å². The van der Waals surface area contributed by atoms with Crippen LogP contribution in [0.5, 0.6) is 0 Å². The summed E-state index contributed by atoms with van der Waals surface area (Å²) < 4.78 is 28.3. The second kappa shape index (κ2) is 7.48. The molecular formula is C23H35BF2. The van der Waals surface area contributed by atoms with E-state index in [1.165, 1.54) is 0 Å². The molecule has 1 aromatic rings. The Labute approximate surface area is 159 Å². The molecule has 0 amide bonds. The highest BCUT2D eigenvalue weighted by molar-refractivity contribution is 6.73. The highest BCUT2D eigenvalue weighted by atomic mass is 19.3. The van der Waals surface area contributed by atoms with Crippen molar-refractivity contribution in [2.45, 2.75) is 85.8 Å². The van der Waals surface area contributed by atoms with Crippen molar-refractivity contribution in [3.05, 3.63) is 35.9 Å². The Hall–Kier alpha value is -1.12. The predicted molar refractivity (Wildman–Crippen MR) is 112 cm³/mol. The van der Waals surface area contributed by atoms with E-state index in [1.54, 1.807) is 12.1 Å². The molecule has 144 valence electrons. The Kier molecular flexibility index (Phi) is 6.10. The minimum Gasteiger partial charge on any atom is -0.202 e. The van der Waals surface area contributed by atoms with Gasteiger partial charge in [-0.2, -0.15) is 0 Å². The fourth-order valence-corrected chi connectivity index (χ4v) is 4.03. The minimum atomic E-state index is -2.82. The van der Waals surface area contributed by atoms with Crippen molar-refractivity contribution in [3.63, 3.8) is 0 Å². The lowest BCUT2D eigenvalue weighted by Crippen LogP contribution is -2.46. The van der Waals surface area contributed by atoms with Gasteiger partial charge in [-0.25, -0.2) is 8.78 Å². The van der Waals surface area contributed by atoms with Crippen LogP contribution in [0.4, 0.5) is 8.78 Å². The van der Waals surface area contributed by atoms with E-state index in [9.17, 15) is 8.78 Å². The first kappa shape index (κ1) is 21.2. The molecule has 0 radical (unpaired) electrons. The Balaban J connectivity index is 2.40. The number of unbranched alkanes of at least 4 members (excludes halogenated alkanes) is 1. The maximum Gasteiger partial charge on any atom is 0.270 e. The number of rotatable bonds is 6. The van der Waals surface area contributed by atoms with Gasteiger partial charge >= 0.3 is 0 Å². The topological polar surface area (TPSA) is 0 Å². The molecule has 0 aliphatic carbocycles. The summed E-state index contributed by atoms with van der Waals surface area (Å²) in [6, 6.07) is 5.53. The van der Waals surface area contributed by atoms with Crippen molar-refractivity contribution in [3.8, 4) is 0 Å². The Morgan fingerprint density at radius 3 is 2.35 bits per heavy atom. The summed E-state index contributed by atoms with van der Waals surface area (Å²) in [5.74, 6) is -2.82. The third-order valence-corrected chi connectivity index (χ3v) is 6.88. The van der Waals surface area contributed by atoms with Crippen molar-refractivity contribution in [1.29, 1.82) is 0 Å². The van der Waals surface area contributed by atoms with E-state index in [4.69, 9.17) is 0 Å². The summed E-state index contributed by atoms with van der Waals surface area (Å²) in [4.78, 5) is 0. The normalized spacial score (nSPS) is 19.5. The zero-order valence-electron chi connectivity index (χ0n) is 17.5. The van der Waals surface area contributed by atoms with E-state index in [-0.39, 0.29) is 16.4 Å². The van der Waals surface area contributed by atoms with E-state index >= 15 is 0 Å². The molecule has 0 saturated carbocycles.